The van der Waals surface area contributed by atoms with Crippen molar-refractivity contribution in [2.24, 2.45) is 5.73 Å². The van der Waals surface area contributed by atoms with Gasteiger partial charge >= 0.3 is 0 Å². The number of aromatic nitrogens is 1. The Morgan fingerprint density at radius 1 is 1.14 bits per heavy atom. The number of nitrogens with one attached hydrogen (secondary N) is 2. The molecule has 0 atom stereocenters. The van der Waals surface area contributed by atoms with Gasteiger partial charge in [-0.1, -0.05) is 20.8 Å². The van der Waals surface area contributed by atoms with Gasteiger partial charge in [-0.3, -0.25) is 9.59 Å². The lowest BCUT2D eigenvalue weighted by Gasteiger charge is -2.23. The minimum absolute atomic E-state index is 0.193. The number of hydrogen-bond acceptors (Lipinski definition) is 4. The molecule has 0 saturated carbocycles. The highest BCUT2D eigenvalue weighted by Crippen LogP contribution is 2.23. The maximum Gasteiger partial charge on any atom is 0.252 e. The molecule has 0 spiro atoms. The van der Waals surface area contributed by atoms with Crippen molar-refractivity contribution in [1.82, 2.24) is 10.3 Å². The second kappa shape index (κ2) is 5.71. The van der Waals surface area contributed by atoms with Crippen molar-refractivity contribution in [2.45, 2.75) is 45.6 Å². The molecule has 21 heavy (non-hydrogen) atoms. The van der Waals surface area contributed by atoms with E-state index in [1.54, 1.807) is 33.0 Å². The van der Waals surface area contributed by atoms with Crippen LogP contribution in [-0.2, 0) is 10.2 Å². The van der Waals surface area contributed by atoms with Gasteiger partial charge in [0.25, 0.3) is 5.91 Å². The van der Waals surface area contributed by atoms with Crippen LogP contribution in [0, 0.1) is 0 Å². The summed E-state index contributed by atoms with van der Waals surface area (Å²) in [5, 5.41) is 5.57. The molecular weight excluding hydrogens is 268 g/mol. The summed E-state index contributed by atoms with van der Waals surface area (Å²) < 4.78 is 0. The fourth-order valence-corrected chi connectivity index (χ4v) is 1.59. The SMILES string of the molecule is CNc1cc(C(=O)NC(C)(C)C(N)=O)cc(C(C)(C)C)n1. The summed E-state index contributed by atoms with van der Waals surface area (Å²) in [5.74, 6) is -0.345. The number of nitrogens with zero attached hydrogens (tertiary/aromatic N) is 1. The number of pyridine rings is 1. The number of rotatable bonds is 4. The van der Waals surface area contributed by atoms with Gasteiger partial charge in [0.1, 0.15) is 11.4 Å². The first-order chi connectivity index (χ1) is 9.47. The van der Waals surface area contributed by atoms with E-state index in [9.17, 15) is 9.59 Å². The lowest BCUT2D eigenvalue weighted by atomic mass is 9.90. The molecule has 0 bridgehead atoms. The number of carbonyl (C=O) groups is 2. The molecule has 116 valence electrons. The van der Waals surface area contributed by atoms with E-state index in [4.69, 9.17) is 5.73 Å². The van der Waals surface area contributed by atoms with Crippen molar-refractivity contribution >= 4 is 17.6 Å². The van der Waals surface area contributed by atoms with Gasteiger partial charge in [0.05, 0.1) is 0 Å². The first kappa shape index (κ1) is 16.9. The van der Waals surface area contributed by atoms with Crippen LogP contribution in [0.3, 0.4) is 0 Å². The smallest absolute Gasteiger partial charge is 0.252 e. The van der Waals surface area contributed by atoms with Crippen LogP contribution < -0.4 is 16.4 Å². The van der Waals surface area contributed by atoms with E-state index in [1.165, 1.54) is 0 Å². The van der Waals surface area contributed by atoms with Crippen LogP contribution in [0.25, 0.3) is 0 Å². The minimum Gasteiger partial charge on any atom is -0.373 e. The Bertz CT molecular complexity index is 559. The largest absolute Gasteiger partial charge is 0.373 e. The molecule has 0 aliphatic rings. The Morgan fingerprint density at radius 3 is 2.14 bits per heavy atom. The predicted octanol–water partition coefficient (Wildman–Crippen LogP) is 1.41. The van der Waals surface area contributed by atoms with E-state index in [1.807, 2.05) is 20.8 Å². The van der Waals surface area contributed by atoms with Crippen molar-refractivity contribution in [3.8, 4) is 0 Å². The van der Waals surface area contributed by atoms with Gasteiger partial charge in [0.2, 0.25) is 5.91 Å². The molecule has 0 aliphatic carbocycles. The van der Waals surface area contributed by atoms with E-state index >= 15 is 0 Å². The number of hydrogen-bond donors (Lipinski definition) is 3. The standard InChI is InChI=1S/C15H24N4O2/c1-14(2,3)10-7-9(8-11(17-6)18-10)12(20)19-15(4,5)13(16)21/h7-8H,1-6H3,(H2,16,21)(H,17,18)(H,19,20). The minimum atomic E-state index is -1.11. The summed E-state index contributed by atoms with van der Waals surface area (Å²) in [5.41, 5.74) is 5.20. The van der Waals surface area contributed by atoms with Crippen LogP contribution >= 0.6 is 0 Å². The van der Waals surface area contributed by atoms with E-state index in [0.29, 0.717) is 11.4 Å². The number of anilines is 1. The van der Waals surface area contributed by atoms with Gasteiger partial charge in [-0.2, -0.15) is 0 Å². The molecule has 0 aliphatic heterocycles. The lowest BCUT2D eigenvalue weighted by Crippen LogP contribution is -2.53. The molecular formula is C15H24N4O2. The Labute approximate surface area is 125 Å². The van der Waals surface area contributed by atoms with E-state index in [2.05, 4.69) is 15.6 Å². The third kappa shape index (κ3) is 4.18. The van der Waals surface area contributed by atoms with Crippen molar-refractivity contribution in [3.05, 3.63) is 23.4 Å². The molecule has 0 radical (unpaired) electrons. The molecule has 4 N–H and O–H groups in total. The first-order valence-electron chi connectivity index (χ1n) is 6.80. The molecule has 6 heteroatoms. The zero-order valence-electron chi connectivity index (χ0n) is 13.5. The fraction of sp³-hybridized carbons (Fsp3) is 0.533. The second-order valence-electron chi connectivity index (χ2n) is 6.57. The van der Waals surface area contributed by atoms with Crippen LogP contribution in [0.1, 0.15) is 50.7 Å². The number of amides is 2. The zero-order valence-corrected chi connectivity index (χ0v) is 13.5. The Hall–Kier alpha value is -2.11. The van der Waals surface area contributed by atoms with E-state index in [-0.39, 0.29) is 11.3 Å². The van der Waals surface area contributed by atoms with Crippen molar-refractivity contribution in [1.29, 1.82) is 0 Å². The average Bonchev–Trinajstić information content (AvgIpc) is 2.36. The predicted molar refractivity (Wildman–Crippen MR) is 83.2 cm³/mol. The van der Waals surface area contributed by atoms with Crippen molar-refractivity contribution in [2.75, 3.05) is 12.4 Å². The molecule has 1 aromatic heterocycles. The van der Waals surface area contributed by atoms with Gasteiger partial charge in [-0.15, -0.1) is 0 Å². The molecule has 2 amide bonds. The first-order valence-corrected chi connectivity index (χ1v) is 6.80. The molecule has 0 fully saturated rings. The van der Waals surface area contributed by atoms with E-state index < -0.39 is 11.4 Å². The molecule has 0 saturated heterocycles. The quantitative estimate of drug-likeness (QED) is 0.781. The van der Waals surface area contributed by atoms with Crippen LogP contribution in [0.15, 0.2) is 12.1 Å². The fourth-order valence-electron chi connectivity index (χ4n) is 1.59. The van der Waals surface area contributed by atoms with Gasteiger partial charge in [0, 0.05) is 23.7 Å². The molecule has 0 unspecified atom stereocenters. The van der Waals surface area contributed by atoms with Gasteiger partial charge in [-0.05, 0) is 26.0 Å². The molecule has 1 aromatic rings. The number of nitrogens with two attached hydrogens (primary N) is 1. The highest BCUT2D eigenvalue weighted by Gasteiger charge is 2.28. The normalized spacial score (nSPS) is 11.9. The lowest BCUT2D eigenvalue weighted by molar-refractivity contribution is -0.122. The summed E-state index contributed by atoms with van der Waals surface area (Å²) in [6.45, 7) is 9.19. The van der Waals surface area contributed by atoms with Crippen LogP contribution in [0.2, 0.25) is 0 Å². The van der Waals surface area contributed by atoms with Crippen molar-refractivity contribution < 1.29 is 9.59 Å². The number of primary amides is 1. The third-order valence-corrected chi connectivity index (χ3v) is 3.15. The monoisotopic (exact) mass is 292 g/mol. The summed E-state index contributed by atoms with van der Waals surface area (Å²) in [6.07, 6.45) is 0. The van der Waals surface area contributed by atoms with Crippen LogP contribution in [0.5, 0.6) is 0 Å². The van der Waals surface area contributed by atoms with Crippen LogP contribution in [0.4, 0.5) is 5.82 Å². The summed E-state index contributed by atoms with van der Waals surface area (Å²) in [7, 11) is 1.74. The van der Waals surface area contributed by atoms with Crippen LogP contribution in [-0.4, -0.2) is 29.4 Å². The molecule has 6 nitrogen and oxygen atoms in total. The number of carbonyl (C=O) groups excluding carboxylic acids is 2. The topological polar surface area (TPSA) is 97.1 Å². The third-order valence-electron chi connectivity index (χ3n) is 3.15. The summed E-state index contributed by atoms with van der Waals surface area (Å²) in [6, 6.07) is 3.37. The van der Waals surface area contributed by atoms with Crippen molar-refractivity contribution in [3.63, 3.8) is 0 Å². The van der Waals surface area contributed by atoms with Gasteiger partial charge in [0.15, 0.2) is 0 Å². The second-order valence-corrected chi connectivity index (χ2v) is 6.57. The zero-order chi connectivity index (χ0) is 16.4. The Morgan fingerprint density at radius 2 is 1.71 bits per heavy atom. The molecule has 1 rings (SSSR count). The molecule has 1 heterocycles. The average molecular weight is 292 g/mol. The summed E-state index contributed by atoms with van der Waals surface area (Å²) in [4.78, 5) is 28.1. The Kier molecular flexibility index (Phi) is 4.61. The van der Waals surface area contributed by atoms with Gasteiger partial charge in [-0.25, -0.2) is 4.98 Å². The van der Waals surface area contributed by atoms with Gasteiger partial charge < -0.3 is 16.4 Å². The maximum absolute atomic E-state index is 12.3. The van der Waals surface area contributed by atoms with E-state index in [0.717, 1.165) is 5.69 Å². The Balaban J connectivity index is 3.18. The summed E-state index contributed by atoms with van der Waals surface area (Å²) >= 11 is 0. The maximum atomic E-state index is 12.3. The highest BCUT2D eigenvalue weighted by molar-refractivity contribution is 5.99. The highest BCUT2D eigenvalue weighted by atomic mass is 16.2. The molecule has 0 aromatic carbocycles.